The van der Waals surface area contributed by atoms with E-state index >= 15 is 0 Å². The summed E-state index contributed by atoms with van der Waals surface area (Å²) in [5.41, 5.74) is 4.43. The molecule has 0 bridgehead atoms. The molecule has 1 aromatic carbocycles. The quantitative estimate of drug-likeness (QED) is 0.608. The Kier molecular flexibility index (Phi) is 5.69. The fourth-order valence-corrected chi connectivity index (χ4v) is 3.04. The largest absolute Gasteiger partial charge is 0.502 e. The highest BCUT2D eigenvalue weighted by atomic mass is 16.5. The van der Waals surface area contributed by atoms with Crippen molar-refractivity contribution in [3.8, 4) is 11.5 Å². The molecule has 3 aromatic rings. The van der Waals surface area contributed by atoms with Gasteiger partial charge in [0.1, 0.15) is 23.7 Å². The van der Waals surface area contributed by atoms with Gasteiger partial charge in [-0.1, -0.05) is 0 Å². The summed E-state index contributed by atoms with van der Waals surface area (Å²) >= 11 is 0. The first kappa shape index (κ1) is 20.2. The van der Waals surface area contributed by atoms with Gasteiger partial charge < -0.3 is 29.1 Å². The lowest BCUT2D eigenvalue weighted by Crippen LogP contribution is -2.22. The molecule has 9 heteroatoms. The third kappa shape index (κ3) is 3.99. The number of primary amides is 1. The molecule has 3 N–H and O–H groups in total. The average molecular weight is 401 g/mol. The third-order valence-corrected chi connectivity index (χ3v) is 4.39. The number of amides is 1. The van der Waals surface area contributed by atoms with Crippen molar-refractivity contribution in [2.45, 2.75) is 18.9 Å². The standard InChI is InChI=1S/C20H19NO8/c1-26-8-11-6-15(22)19(25)20(29-11)12(7-17(21)23)14-9-28-16-4-3-10(27-2)5-13(16)18(14)24/h3-6,9,12,25H,7-8H2,1-2H3,(H2,21,23)/t12-/m0/s1. The fourth-order valence-electron chi connectivity index (χ4n) is 3.04. The van der Waals surface area contributed by atoms with Crippen molar-refractivity contribution in [3.63, 3.8) is 0 Å². The molecule has 2 heterocycles. The van der Waals surface area contributed by atoms with Gasteiger partial charge in [0.05, 0.1) is 24.7 Å². The average Bonchev–Trinajstić information content (AvgIpc) is 2.69. The first-order chi connectivity index (χ1) is 13.8. The number of ether oxygens (including phenoxy) is 2. The van der Waals surface area contributed by atoms with E-state index in [0.717, 1.165) is 12.3 Å². The van der Waals surface area contributed by atoms with Gasteiger partial charge in [-0.15, -0.1) is 0 Å². The first-order valence-corrected chi connectivity index (χ1v) is 8.58. The normalized spacial score (nSPS) is 12.1. The van der Waals surface area contributed by atoms with Crippen molar-refractivity contribution in [2.24, 2.45) is 5.73 Å². The lowest BCUT2D eigenvalue weighted by atomic mass is 9.92. The minimum Gasteiger partial charge on any atom is -0.502 e. The number of fused-ring (bicyclic) bond motifs is 1. The van der Waals surface area contributed by atoms with E-state index in [-0.39, 0.29) is 29.1 Å². The van der Waals surface area contributed by atoms with E-state index < -0.39 is 34.9 Å². The van der Waals surface area contributed by atoms with Gasteiger partial charge >= 0.3 is 0 Å². The summed E-state index contributed by atoms with van der Waals surface area (Å²) < 4.78 is 21.2. The number of hydrogen-bond donors (Lipinski definition) is 2. The van der Waals surface area contributed by atoms with Crippen LogP contribution in [0.2, 0.25) is 0 Å². The molecule has 3 rings (SSSR count). The van der Waals surface area contributed by atoms with Crippen molar-refractivity contribution in [1.82, 2.24) is 0 Å². The van der Waals surface area contributed by atoms with Gasteiger partial charge in [0.25, 0.3) is 0 Å². The second-order valence-electron chi connectivity index (χ2n) is 6.33. The number of carbonyl (C=O) groups is 1. The predicted molar refractivity (Wildman–Crippen MR) is 102 cm³/mol. The molecule has 29 heavy (non-hydrogen) atoms. The molecule has 1 atom stereocenters. The van der Waals surface area contributed by atoms with Crippen molar-refractivity contribution >= 4 is 16.9 Å². The van der Waals surface area contributed by atoms with Crippen LogP contribution in [0.1, 0.15) is 29.4 Å². The number of aromatic hydroxyl groups is 1. The van der Waals surface area contributed by atoms with Crippen molar-refractivity contribution in [3.05, 3.63) is 68.1 Å². The van der Waals surface area contributed by atoms with Crippen LogP contribution >= 0.6 is 0 Å². The Balaban J connectivity index is 2.26. The highest BCUT2D eigenvalue weighted by molar-refractivity contribution is 5.80. The minimum atomic E-state index is -1.14. The SMILES string of the molecule is COCc1cc(=O)c(O)c([C@@H](CC(N)=O)c2coc3ccc(OC)cc3c2=O)o1. The van der Waals surface area contributed by atoms with Gasteiger partial charge in [-0.05, 0) is 18.2 Å². The topological polar surface area (TPSA) is 142 Å². The van der Waals surface area contributed by atoms with E-state index in [0.29, 0.717) is 11.3 Å². The Hall–Kier alpha value is -3.59. The second kappa shape index (κ2) is 8.19. The minimum absolute atomic E-state index is 0.00225. The third-order valence-electron chi connectivity index (χ3n) is 4.39. The van der Waals surface area contributed by atoms with E-state index in [1.165, 1.54) is 20.3 Å². The molecular formula is C20H19NO8. The molecule has 1 amide bonds. The summed E-state index contributed by atoms with van der Waals surface area (Å²) in [6, 6.07) is 5.75. The number of carbonyl (C=O) groups excluding carboxylic acids is 1. The lowest BCUT2D eigenvalue weighted by Gasteiger charge is -2.16. The Morgan fingerprint density at radius 3 is 2.66 bits per heavy atom. The Morgan fingerprint density at radius 1 is 1.24 bits per heavy atom. The molecule has 2 aromatic heterocycles. The number of hydrogen-bond acceptors (Lipinski definition) is 8. The number of nitrogens with two attached hydrogens (primary N) is 1. The summed E-state index contributed by atoms with van der Waals surface area (Å²) in [4.78, 5) is 36.9. The van der Waals surface area contributed by atoms with Crippen LogP contribution in [0, 0.1) is 0 Å². The molecule has 0 fully saturated rings. The number of benzene rings is 1. The molecule has 0 saturated carbocycles. The highest BCUT2D eigenvalue weighted by Crippen LogP contribution is 2.32. The Labute approximate surface area is 164 Å². The van der Waals surface area contributed by atoms with Crippen molar-refractivity contribution in [1.29, 1.82) is 0 Å². The van der Waals surface area contributed by atoms with Gasteiger partial charge in [0.2, 0.25) is 17.1 Å². The van der Waals surface area contributed by atoms with E-state index in [9.17, 15) is 19.5 Å². The van der Waals surface area contributed by atoms with E-state index in [1.54, 1.807) is 12.1 Å². The van der Waals surface area contributed by atoms with Crippen LogP contribution in [0.3, 0.4) is 0 Å². The predicted octanol–water partition coefficient (Wildman–Crippen LogP) is 1.61. The molecule has 0 spiro atoms. The summed E-state index contributed by atoms with van der Waals surface area (Å²) in [5.74, 6) is -2.33. The highest BCUT2D eigenvalue weighted by Gasteiger charge is 2.28. The molecule has 0 radical (unpaired) electrons. The lowest BCUT2D eigenvalue weighted by molar-refractivity contribution is -0.118. The maximum Gasteiger partial charge on any atom is 0.227 e. The van der Waals surface area contributed by atoms with Crippen molar-refractivity contribution < 1.29 is 28.2 Å². The molecule has 0 saturated heterocycles. The fraction of sp³-hybridized carbons (Fsp3) is 0.250. The maximum atomic E-state index is 13.1. The molecule has 0 aliphatic carbocycles. The van der Waals surface area contributed by atoms with Gasteiger partial charge in [0, 0.05) is 25.2 Å². The van der Waals surface area contributed by atoms with Gasteiger partial charge in [-0.25, -0.2) is 0 Å². The van der Waals surface area contributed by atoms with E-state index in [2.05, 4.69) is 0 Å². The van der Waals surface area contributed by atoms with Gasteiger partial charge in [0.15, 0.2) is 11.2 Å². The number of rotatable bonds is 7. The summed E-state index contributed by atoms with van der Waals surface area (Å²) in [6.07, 6.45) is 0.764. The van der Waals surface area contributed by atoms with Crippen LogP contribution in [0.15, 0.2) is 49.0 Å². The first-order valence-electron chi connectivity index (χ1n) is 8.58. The second-order valence-corrected chi connectivity index (χ2v) is 6.33. The summed E-state index contributed by atoms with van der Waals surface area (Å²) in [6.45, 7) is -0.0463. The Bertz CT molecular complexity index is 1180. The van der Waals surface area contributed by atoms with Gasteiger partial charge in [-0.2, -0.15) is 0 Å². The zero-order chi connectivity index (χ0) is 21.1. The summed E-state index contributed by atoms with van der Waals surface area (Å²) in [5, 5.41) is 10.5. The smallest absolute Gasteiger partial charge is 0.227 e. The van der Waals surface area contributed by atoms with Crippen LogP contribution in [-0.2, 0) is 16.1 Å². The molecule has 0 aliphatic heterocycles. The van der Waals surface area contributed by atoms with Crippen molar-refractivity contribution in [2.75, 3.05) is 14.2 Å². The molecule has 0 aliphatic rings. The van der Waals surface area contributed by atoms with E-state index in [1.807, 2.05) is 0 Å². The van der Waals surface area contributed by atoms with Crippen LogP contribution in [0.4, 0.5) is 0 Å². The number of methoxy groups -OCH3 is 2. The Morgan fingerprint density at radius 2 is 2.00 bits per heavy atom. The monoisotopic (exact) mass is 401 g/mol. The van der Waals surface area contributed by atoms with Crippen LogP contribution in [-0.4, -0.2) is 25.2 Å². The van der Waals surface area contributed by atoms with Gasteiger partial charge in [-0.3, -0.25) is 14.4 Å². The zero-order valence-electron chi connectivity index (χ0n) is 15.8. The maximum absolute atomic E-state index is 13.1. The zero-order valence-corrected chi connectivity index (χ0v) is 15.8. The van der Waals surface area contributed by atoms with E-state index in [4.69, 9.17) is 24.0 Å². The van der Waals surface area contributed by atoms with Crippen LogP contribution in [0.25, 0.3) is 11.0 Å². The van der Waals surface area contributed by atoms with Crippen LogP contribution in [0.5, 0.6) is 11.5 Å². The molecule has 152 valence electrons. The van der Waals surface area contributed by atoms with Crippen LogP contribution < -0.4 is 21.3 Å². The molecule has 0 unspecified atom stereocenters. The summed E-state index contributed by atoms with van der Waals surface area (Å²) in [7, 11) is 2.86. The molecular weight excluding hydrogens is 382 g/mol. The molecule has 9 nitrogen and oxygen atoms in total.